The first-order valence-electron chi connectivity index (χ1n) is 5.18. The van der Waals surface area contributed by atoms with Gasteiger partial charge in [0.05, 0.1) is 18.1 Å². The summed E-state index contributed by atoms with van der Waals surface area (Å²) in [6, 6.07) is 2.92. The van der Waals surface area contributed by atoms with E-state index in [0.717, 1.165) is 0 Å². The highest BCUT2D eigenvalue weighted by Gasteiger charge is 2.30. The SMILES string of the molecule is COC(=O)C(C)(C)COc1nccc(C#N)c1F. The average molecular weight is 252 g/mol. The van der Waals surface area contributed by atoms with Gasteiger partial charge in [-0.3, -0.25) is 4.79 Å². The highest BCUT2D eigenvalue weighted by molar-refractivity contribution is 5.75. The van der Waals surface area contributed by atoms with Crippen LogP contribution >= 0.6 is 0 Å². The first-order chi connectivity index (χ1) is 8.42. The van der Waals surface area contributed by atoms with E-state index in [0.29, 0.717) is 0 Å². The second kappa shape index (κ2) is 5.45. The molecule has 1 heterocycles. The zero-order chi connectivity index (χ0) is 13.8. The number of rotatable bonds is 4. The van der Waals surface area contributed by atoms with E-state index < -0.39 is 17.2 Å². The highest BCUT2D eigenvalue weighted by atomic mass is 19.1. The van der Waals surface area contributed by atoms with Crippen LogP contribution in [-0.4, -0.2) is 24.7 Å². The minimum atomic E-state index is -0.925. The molecule has 0 unspecified atom stereocenters. The Morgan fingerprint density at radius 1 is 1.61 bits per heavy atom. The van der Waals surface area contributed by atoms with Gasteiger partial charge in [-0.25, -0.2) is 4.98 Å². The molecule has 5 nitrogen and oxygen atoms in total. The van der Waals surface area contributed by atoms with Crippen molar-refractivity contribution in [3.63, 3.8) is 0 Å². The fourth-order valence-corrected chi connectivity index (χ4v) is 1.20. The number of nitrogens with zero attached hydrogens (tertiary/aromatic N) is 2. The number of nitriles is 1. The lowest BCUT2D eigenvalue weighted by atomic mass is 9.95. The molecule has 0 saturated carbocycles. The number of aromatic nitrogens is 1. The molecule has 0 aliphatic carbocycles. The normalized spacial score (nSPS) is 10.6. The van der Waals surface area contributed by atoms with Gasteiger partial charge < -0.3 is 9.47 Å². The molecule has 0 saturated heterocycles. The van der Waals surface area contributed by atoms with Crippen LogP contribution in [0.2, 0.25) is 0 Å². The van der Waals surface area contributed by atoms with Crippen LogP contribution < -0.4 is 4.74 Å². The summed E-state index contributed by atoms with van der Waals surface area (Å²) < 4.78 is 23.3. The Labute approximate surface area is 104 Å². The summed E-state index contributed by atoms with van der Waals surface area (Å²) in [5, 5.41) is 8.65. The molecular weight excluding hydrogens is 239 g/mol. The number of methoxy groups -OCH3 is 1. The maximum Gasteiger partial charge on any atom is 0.314 e. The number of esters is 1. The Morgan fingerprint density at radius 2 is 2.28 bits per heavy atom. The molecule has 0 radical (unpaired) electrons. The van der Waals surface area contributed by atoms with E-state index in [1.165, 1.54) is 19.4 Å². The largest absolute Gasteiger partial charge is 0.474 e. The van der Waals surface area contributed by atoms with Crippen molar-refractivity contribution in [3.8, 4) is 11.9 Å². The second-order valence-electron chi connectivity index (χ2n) is 4.25. The smallest absolute Gasteiger partial charge is 0.314 e. The van der Waals surface area contributed by atoms with Crippen LogP contribution in [0.3, 0.4) is 0 Å². The maximum atomic E-state index is 13.6. The number of halogens is 1. The van der Waals surface area contributed by atoms with E-state index in [1.54, 1.807) is 19.9 Å². The summed E-state index contributed by atoms with van der Waals surface area (Å²) in [6.45, 7) is 3.11. The fourth-order valence-electron chi connectivity index (χ4n) is 1.20. The summed E-state index contributed by atoms with van der Waals surface area (Å²) in [7, 11) is 1.26. The molecule has 0 fully saturated rings. The third-order valence-electron chi connectivity index (χ3n) is 2.29. The molecule has 0 bridgehead atoms. The number of pyridine rings is 1. The van der Waals surface area contributed by atoms with Crippen LogP contribution in [0.5, 0.6) is 5.88 Å². The van der Waals surface area contributed by atoms with Crippen LogP contribution in [0.1, 0.15) is 19.4 Å². The van der Waals surface area contributed by atoms with Gasteiger partial charge in [-0.15, -0.1) is 0 Å². The quantitative estimate of drug-likeness (QED) is 0.762. The minimum absolute atomic E-state index is 0.0987. The summed E-state index contributed by atoms with van der Waals surface area (Å²) in [4.78, 5) is 15.1. The molecule has 96 valence electrons. The molecule has 6 heteroatoms. The zero-order valence-corrected chi connectivity index (χ0v) is 10.4. The molecule has 1 rings (SSSR count). The third kappa shape index (κ3) is 2.94. The van der Waals surface area contributed by atoms with Gasteiger partial charge in [0.15, 0.2) is 0 Å². The van der Waals surface area contributed by atoms with Gasteiger partial charge in [0, 0.05) is 6.20 Å². The minimum Gasteiger partial charge on any atom is -0.474 e. The molecule has 0 spiro atoms. The molecule has 0 aliphatic heterocycles. The topological polar surface area (TPSA) is 72.2 Å². The maximum absolute atomic E-state index is 13.6. The Bertz CT molecular complexity index is 495. The van der Waals surface area contributed by atoms with Gasteiger partial charge in [-0.2, -0.15) is 9.65 Å². The van der Waals surface area contributed by atoms with Crippen molar-refractivity contribution in [2.45, 2.75) is 13.8 Å². The number of carbonyl (C=O) groups excluding carboxylic acids is 1. The molecule has 1 aromatic heterocycles. The van der Waals surface area contributed by atoms with E-state index >= 15 is 0 Å². The van der Waals surface area contributed by atoms with E-state index in [-0.39, 0.29) is 18.1 Å². The van der Waals surface area contributed by atoms with Crippen LogP contribution in [0, 0.1) is 22.6 Å². The molecule has 0 aliphatic rings. The molecule has 0 N–H and O–H groups in total. The summed E-state index contributed by atoms with van der Waals surface area (Å²) >= 11 is 0. The van der Waals surface area contributed by atoms with Crippen molar-refractivity contribution < 1.29 is 18.7 Å². The Morgan fingerprint density at radius 3 is 2.83 bits per heavy atom. The first-order valence-corrected chi connectivity index (χ1v) is 5.18. The van der Waals surface area contributed by atoms with Crippen LogP contribution in [0.15, 0.2) is 12.3 Å². The Kier molecular flexibility index (Phi) is 4.21. The average Bonchev–Trinajstić information content (AvgIpc) is 2.36. The summed E-state index contributed by atoms with van der Waals surface area (Å²) in [6.07, 6.45) is 1.27. The Hall–Kier alpha value is -2.16. The van der Waals surface area contributed by atoms with Gasteiger partial charge >= 0.3 is 5.97 Å². The van der Waals surface area contributed by atoms with E-state index in [9.17, 15) is 9.18 Å². The first kappa shape index (κ1) is 13.9. The van der Waals surface area contributed by atoms with Gasteiger partial charge in [-0.05, 0) is 19.9 Å². The molecule has 1 aromatic rings. The van der Waals surface area contributed by atoms with Crippen molar-refractivity contribution in [2.24, 2.45) is 5.41 Å². The van der Waals surface area contributed by atoms with Gasteiger partial charge in [0.2, 0.25) is 5.82 Å². The zero-order valence-electron chi connectivity index (χ0n) is 10.4. The number of hydrogen-bond acceptors (Lipinski definition) is 5. The monoisotopic (exact) mass is 252 g/mol. The fraction of sp³-hybridized carbons (Fsp3) is 0.417. The predicted octanol–water partition coefficient (Wildman–Crippen LogP) is 1.67. The van der Waals surface area contributed by atoms with Crippen LogP contribution in [0.25, 0.3) is 0 Å². The molecular formula is C12H13FN2O3. The molecule has 0 atom stereocenters. The van der Waals surface area contributed by atoms with Gasteiger partial charge in [0.25, 0.3) is 5.88 Å². The third-order valence-corrected chi connectivity index (χ3v) is 2.29. The number of hydrogen-bond donors (Lipinski definition) is 0. The van der Waals surface area contributed by atoms with Crippen molar-refractivity contribution in [3.05, 3.63) is 23.6 Å². The standard InChI is InChI=1S/C12H13FN2O3/c1-12(2,11(16)17-3)7-18-10-9(13)8(6-14)4-5-15-10/h4-5H,7H2,1-3H3. The number of carbonyl (C=O) groups is 1. The lowest BCUT2D eigenvalue weighted by Gasteiger charge is -2.21. The summed E-state index contributed by atoms with van der Waals surface area (Å²) in [5.41, 5.74) is -1.08. The summed E-state index contributed by atoms with van der Waals surface area (Å²) in [5.74, 6) is -1.61. The number of ether oxygens (including phenoxy) is 2. The van der Waals surface area contributed by atoms with Crippen molar-refractivity contribution >= 4 is 5.97 Å². The van der Waals surface area contributed by atoms with Crippen LogP contribution in [0.4, 0.5) is 4.39 Å². The van der Waals surface area contributed by atoms with Gasteiger partial charge in [-0.1, -0.05) is 0 Å². The van der Waals surface area contributed by atoms with Gasteiger partial charge in [0.1, 0.15) is 12.7 Å². The molecule has 0 aromatic carbocycles. The lowest BCUT2D eigenvalue weighted by molar-refractivity contribution is -0.152. The van der Waals surface area contributed by atoms with Crippen molar-refractivity contribution in [1.29, 1.82) is 5.26 Å². The highest BCUT2D eigenvalue weighted by Crippen LogP contribution is 2.22. The predicted molar refractivity (Wildman–Crippen MR) is 60.2 cm³/mol. The lowest BCUT2D eigenvalue weighted by Crippen LogP contribution is -2.32. The van der Waals surface area contributed by atoms with E-state index in [2.05, 4.69) is 9.72 Å². The van der Waals surface area contributed by atoms with Crippen LogP contribution in [-0.2, 0) is 9.53 Å². The molecule has 18 heavy (non-hydrogen) atoms. The van der Waals surface area contributed by atoms with E-state index in [4.69, 9.17) is 10.00 Å². The van der Waals surface area contributed by atoms with Crippen molar-refractivity contribution in [2.75, 3.05) is 13.7 Å². The second-order valence-corrected chi connectivity index (χ2v) is 4.25. The Balaban J connectivity index is 2.82. The van der Waals surface area contributed by atoms with E-state index in [1.807, 2.05) is 0 Å². The molecule has 0 amide bonds. The van der Waals surface area contributed by atoms with Crippen molar-refractivity contribution in [1.82, 2.24) is 4.98 Å².